The molecule has 90 valence electrons. The molecule has 0 bridgehead atoms. The van der Waals surface area contributed by atoms with Crippen LogP contribution in [-0.4, -0.2) is 37.2 Å². The van der Waals surface area contributed by atoms with Crippen LogP contribution in [0.4, 0.5) is 5.00 Å². The van der Waals surface area contributed by atoms with E-state index in [2.05, 4.69) is 9.69 Å². The fraction of sp³-hybridized carbons (Fsp3) is 0.600. The highest BCUT2D eigenvalue weighted by Crippen LogP contribution is 2.24. The molecule has 1 heterocycles. The minimum Gasteiger partial charge on any atom is -0.462 e. The van der Waals surface area contributed by atoms with Crippen LogP contribution in [0.2, 0.25) is 0 Å². The second kappa shape index (κ2) is 6.44. The molecule has 0 saturated heterocycles. The molecule has 0 aromatic carbocycles. The summed E-state index contributed by atoms with van der Waals surface area (Å²) < 4.78 is 14.0. The molecule has 0 aliphatic rings. The lowest BCUT2D eigenvalue weighted by atomic mass is 10.2. The summed E-state index contributed by atoms with van der Waals surface area (Å²) >= 11 is 1.26. The first-order valence-electron chi connectivity index (χ1n) is 5.06. The molecule has 6 heteroatoms. The Morgan fingerprint density at radius 2 is 2.31 bits per heavy atom. The van der Waals surface area contributed by atoms with Crippen molar-refractivity contribution >= 4 is 22.5 Å². The Morgan fingerprint density at radius 1 is 1.56 bits per heavy atom. The highest BCUT2D eigenvalue weighted by molar-refractivity contribution is 7.10. The van der Waals surface area contributed by atoms with Gasteiger partial charge in [-0.15, -0.1) is 0 Å². The number of methoxy groups -OCH3 is 1. The Morgan fingerprint density at radius 3 is 2.94 bits per heavy atom. The van der Waals surface area contributed by atoms with Crippen molar-refractivity contribution in [2.75, 3.05) is 32.2 Å². The van der Waals surface area contributed by atoms with Crippen LogP contribution in [0.15, 0.2) is 0 Å². The van der Waals surface area contributed by atoms with Crippen LogP contribution in [-0.2, 0) is 9.47 Å². The molecule has 0 atom stereocenters. The fourth-order valence-electron chi connectivity index (χ4n) is 1.20. The minimum atomic E-state index is -0.325. The van der Waals surface area contributed by atoms with Gasteiger partial charge in [0.15, 0.2) is 0 Å². The van der Waals surface area contributed by atoms with Gasteiger partial charge in [-0.05, 0) is 25.4 Å². The van der Waals surface area contributed by atoms with Crippen molar-refractivity contribution in [3.8, 4) is 0 Å². The first-order valence-corrected chi connectivity index (χ1v) is 5.84. The molecule has 1 aromatic rings. The highest BCUT2D eigenvalue weighted by atomic mass is 32.1. The second-order valence-electron chi connectivity index (χ2n) is 3.11. The Kier molecular flexibility index (Phi) is 5.21. The van der Waals surface area contributed by atoms with Gasteiger partial charge >= 0.3 is 5.97 Å². The van der Waals surface area contributed by atoms with Gasteiger partial charge in [-0.3, -0.25) is 0 Å². The number of ether oxygens (including phenoxy) is 2. The van der Waals surface area contributed by atoms with Crippen LogP contribution >= 0.6 is 11.5 Å². The maximum absolute atomic E-state index is 11.7. The number of nitrogens with one attached hydrogen (secondary N) is 1. The fourth-order valence-corrected chi connectivity index (χ4v) is 2.01. The predicted molar refractivity (Wildman–Crippen MR) is 63.2 cm³/mol. The summed E-state index contributed by atoms with van der Waals surface area (Å²) in [6.45, 7) is 5.17. The number of carbonyl (C=O) groups is 1. The summed E-state index contributed by atoms with van der Waals surface area (Å²) in [5, 5.41) is 3.85. The third-order valence-corrected chi connectivity index (χ3v) is 2.83. The van der Waals surface area contributed by atoms with E-state index in [1.807, 2.05) is 0 Å². The van der Waals surface area contributed by atoms with E-state index in [1.54, 1.807) is 21.0 Å². The van der Waals surface area contributed by atoms with Gasteiger partial charge in [-0.1, -0.05) is 0 Å². The maximum atomic E-state index is 11.7. The van der Waals surface area contributed by atoms with Crippen molar-refractivity contribution in [3.63, 3.8) is 0 Å². The van der Waals surface area contributed by atoms with Crippen LogP contribution in [0.5, 0.6) is 0 Å². The van der Waals surface area contributed by atoms with Crippen molar-refractivity contribution in [1.82, 2.24) is 4.37 Å². The van der Waals surface area contributed by atoms with Gasteiger partial charge in [-0.2, -0.15) is 4.37 Å². The third kappa shape index (κ3) is 3.18. The number of aryl methyl sites for hydroxylation is 1. The van der Waals surface area contributed by atoms with E-state index in [1.165, 1.54) is 11.5 Å². The highest BCUT2D eigenvalue weighted by Gasteiger charge is 2.18. The van der Waals surface area contributed by atoms with Crippen LogP contribution in [0.3, 0.4) is 0 Å². The van der Waals surface area contributed by atoms with Crippen molar-refractivity contribution in [1.29, 1.82) is 0 Å². The van der Waals surface area contributed by atoms with Gasteiger partial charge in [0, 0.05) is 13.7 Å². The molecule has 0 radical (unpaired) electrons. The van der Waals surface area contributed by atoms with Crippen LogP contribution in [0.1, 0.15) is 23.0 Å². The molecule has 16 heavy (non-hydrogen) atoms. The lowest BCUT2D eigenvalue weighted by Crippen LogP contribution is -2.12. The van der Waals surface area contributed by atoms with E-state index in [0.717, 1.165) is 5.00 Å². The number of rotatable bonds is 6. The zero-order valence-electron chi connectivity index (χ0n) is 9.70. The van der Waals surface area contributed by atoms with E-state index in [4.69, 9.17) is 9.47 Å². The van der Waals surface area contributed by atoms with E-state index < -0.39 is 0 Å². The van der Waals surface area contributed by atoms with Crippen molar-refractivity contribution < 1.29 is 14.3 Å². The molecule has 0 aliphatic heterocycles. The van der Waals surface area contributed by atoms with Crippen LogP contribution < -0.4 is 5.32 Å². The average molecular weight is 244 g/mol. The third-order valence-electron chi connectivity index (χ3n) is 1.93. The number of aromatic nitrogens is 1. The second-order valence-corrected chi connectivity index (χ2v) is 3.89. The van der Waals surface area contributed by atoms with Crippen molar-refractivity contribution in [2.24, 2.45) is 0 Å². The van der Waals surface area contributed by atoms with Crippen molar-refractivity contribution in [2.45, 2.75) is 13.8 Å². The lowest BCUT2D eigenvalue weighted by molar-refractivity contribution is 0.0527. The maximum Gasteiger partial charge on any atom is 0.343 e. The lowest BCUT2D eigenvalue weighted by Gasteiger charge is -2.06. The molecule has 0 unspecified atom stereocenters. The smallest absolute Gasteiger partial charge is 0.343 e. The van der Waals surface area contributed by atoms with E-state index >= 15 is 0 Å². The van der Waals surface area contributed by atoms with Gasteiger partial charge in [0.1, 0.15) is 10.6 Å². The standard InChI is InChI=1S/C10H16N2O3S/c1-4-15-10(13)8-7(2)12-16-9(8)11-5-6-14-3/h11H,4-6H2,1-3H3. The molecule has 1 aromatic heterocycles. The van der Waals surface area contributed by atoms with Crippen LogP contribution in [0.25, 0.3) is 0 Å². The minimum absolute atomic E-state index is 0.325. The Hall–Kier alpha value is -1.14. The summed E-state index contributed by atoms with van der Waals surface area (Å²) in [6.07, 6.45) is 0. The predicted octanol–water partition coefficient (Wildman–Crippen LogP) is 1.69. The number of nitrogens with zero attached hydrogens (tertiary/aromatic N) is 1. The van der Waals surface area contributed by atoms with Gasteiger partial charge < -0.3 is 14.8 Å². The quantitative estimate of drug-likeness (QED) is 0.609. The zero-order valence-corrected chi connectivity index (χ0v) is 10.5. The molecule has 1 N–H and O–H groups in total. The summed E-state index contributed by atoms with van der Waals surface area (Å²) in [5.74, 6) is -0.325. The van der Waals surface area contributed by atoms with Crippen LogP contribution in [0, 0.1) is 6.92 Å². The molecular formula is C10H16N2O3S. The summed E-state index contributed by atoms with van der Waals surface area (Å²) in [4.78, 5) is 11.7. The molecule has 0 amide bonds. The number of hydrogen-bond acceptors (Lipinski definition) is 6. The Bertz CT molecular complexity index is 352. The van der Waals surface area contributed by atoms with E-state index in [-0.39, 0.29) is 5.97 Å². The monoisotopic (exact) mass is 244 g/mol. The first kappa shape index (κ1) is 12.9. The summed E-state index contributed by atoms with van der Waals surface area (Å²) in [7, 11) is 1.63. The van der Waals surface area contributed by atoms with Crippen molar-refractivity contribution in [3.05, 3.63) is 11.3 Å². The average Bonchev–Trinajstić information content (AvgIpc) is 2.61. The Balaban J connectivity index is 2.73. The molecule has 1 rings (SSSR count). The molecule has 5 nitrogen and oxygen atoms in total. The molecule has 0 fully saturated rings. The molecular weight excluding hydrogens is 228 g/mol. The first-order chi connectivity index (χ1) is 7.70. The van der Waals surface area contributed by atoms with Gasteiger partial charge in [0.2, 0.25) is 0 Å². The van der Waals surface area contributed by atoms with Gasteiger partial charge in [0.05, 0.1) is 18.9 Å². The molecule has 0 saturated carbocycles. The number of esters is 1. The topological polar surface area (TPSA) is 60.5 Å². The number of hydrogen-bond donors (Lipinski definition) is 1. The zero-order chi connectivity index (χ0) is 12.0. The largest absolute Gasteiger partial charge is 0.462 e. The summed E-state index contributed by atoms with van der Waals surface area (Å²) in [5.41, 5.74) is 1.23. The summed E-state index contributed by atoms with van der Waals surface area (Å²) in [6, 6.07) is 0. The SMILES string of the molecule is CCOC(=O)c1c(C)nsc1NCCOC. The molecule has 0 spiro atoms. The number of anilines is 1. The van der Waals surface area contributed by atoms with Gasteiger partial charge in [0.25, 0.3) is 0 Å². The molecule has 0 aliphatic carbocycles. The van der Waals surface area contributed by atoms with E-state index in [0.29, 0.717) is 31.0 Å². The van der Waals surface area contributed by atoms with Gasteiger partial charge in [-0.25, -0.2) is 4.79 Å². The Labute approximate surface area is 98.9 Å². The normalized spacial score (nSPS) is 10.2. The number of carbonyl (C=O) groups excluding carboxylic acids is 1. The van der Waals surface area contributed by atoms with E-state index in [9.17, 15) is 4.79 Å².